The van der Waals surface area contributed by atoms with Crippen LogP contribution in [-0.4, -0.2) is 12.0 Å². The van der Waals surface area contributed by atoms with Gasteiger partial charge in [0.15, 0.2) is 0 Å². The highest BCUT2D eigenvalue weighted by Gasteiger charge is 2.15. The monoisotopic (exact) mass is 260 g/mol. The lowest BCUT2D eigenvalue weighted by atomic mass is 9.96. The van der Waals surface area contributed by atoms with Gasteiger partial charge >= 0.3 is 0 Å². The van der Waals surface area contributed by atoms with Crippen LogP contribution in [0, 0.1) is 20.8 Å². The average Bonchev–Trinajstić information content (AvgIpc) is 2.76. The fraction of sp³-hybridized carbons (Fsp3) is 0.400. The van der Waals surface area contributed by atoms with Crippen molar-refractivity contribution < 1.29 is 0 Å². The summed E-state index contributed by atoms with van der Waals surface area (Å²) >= 11 is 1.78. The molecule has 1 aromatic carbocycles. The first-order valence-corrected chi connectivity index (χ1v) is 7.08. The lowest BCUT2D eigenvalue weighted by molar-refractivity contribution is 0.598. The van der Waals surface area contributed by atoms with Crippen LogP contribution in [0.4, 0.5) is 0 Å². The highest BCUT2D eigenvalue weighted by Crippen LogP contribution is 2.26. The van der Waals surface area contributed by atoms with Gasteiger partial charge in [0.2, 0.25) is 0 Å². The van der Waals surface area contributed by atoms with Gasteiger partial charge in [-0.15, -0.1) is 11.3 Å². The third-order valence-corrected chi connectivity index (χ3v) is 4.41. The summed E-state index contributed by atoms with van der Waals surface area (Å²) in [4.78, 5) is 5.67. The normalized spacial score (nSPS) is 12.7. The van der Waals surface area contributed by atoms with Gasteiger partial charge in [0.1, 0.15) is 0 Å². The zero-order valence-corrected chi connectivity index (χ0v) is 12.3. The topological polar surface area (TPSA) is 24.9 Å². The van der Waals surface area contributed by atoms with Gasteiger partial charge < -0.3 is 5.32 Å². The first-order valence-electron chi connectivity index (χ1n) is 6.26. The summed E-state index contributed by atoms with van der Waals surface area (Å²) in [5, 5.41) is 4.54. The molecule has 0 saturated heterocycles. The van der Waals surface area contributed by atoms with Crippen LogP contribution in [0.2, 0.25) is 0 Å². The van der Waals surface area contributed by atoms with Gasteiger partial charge in [0, 0.05) is 17.1 Å². The molecule has 0 spiro atoms. The highest BCUT2D eigenvalue weighted by atomic mass is 32.1. The minimum absolute atomic E-state index is 0.357. The van der Waals surface area contributed by atoms with Crippen molar-refractivity contribution in [3.63, 3.8) is 0 Å². The molecule has 1 heterocycles. The van der Waals surface area contributed by atoms with Crippen LogP contribution in [0.1, 0.15) is 32.6 Å². The Bertz CT molecular complexity index is 511. The SMILES string of the molecule is CNC(Cc1c(C)cccc1C)c1cnc(C)s1. The molecule has 1 atom stereocenters. The average molecular weight is 260 g/mol. The van der Waals surface area contributed by atoms with E-state index >= 15 is 0 Å². The molecular weight excluding hydrogens is 240 g/mol. The molecule has 0 aliphatic carbocycles. The molecule has 0 amide bonds. The number of aryl methyl sites for hydroxylation is 3. The van der Waals surface area contributed by atoms with Gasteiger partial charge in [0.05, 0.1) is 5.01 Å². The Morgan fingerprint density at radius 2 is 1.89 bits per heavy atom. The van der Waals surface area contributed by atoms with Gasteiger partial charge in [-0.25, -0.2) is 4.98 Å². The summed E-state index contributed by atoms with van der Waals surface area (Å²) in [5.41, 5.74) is 4.19. The molecule has 0 aliphatic rings. The molecular formula is C15H20N2S. The van der Waals surface area contributed by atoms with E-state index < -0.39 is 0 Å². The number of rotatable bonds is 4. The molecule has 0 saturated carbocycles. The second-order valence-corrected chi connectivity index (χ2v) is 5.96. The van der Waals surface area contributed by atoms with Gasteiger partial charge in [-0.3, -0.25) is 0 Å². The van der Waals surface area contributed by atoms with E-state index in [-0.39, 0.29) is 0 Å². The van der Waals surface area contributed by atoms with Crippen LogP contribution in [0.3, 0.4) is 0 Å². The molecule has 2 nitrogen and oxygen atoms in total. The minimum atomic E-state index is 0.357. The van der Waals surface area contributed by atoms with Gasteiger partial charge in [-0.1, -0.05) is 18.2 Å². The van der Waals surface area contributed by atoms with Crippen molar-refractivity contribution in [3.8, 4) is 0 Å². The van der Waals surface area contributed by atoms with E-state index in [0.29, 0.717) is 6.04 Å². The van der Waals surface area contributed by atoms with Crippen molar-refractivity contribution in [2.24, 2.45) is 0 Å². The lowest BCUT2D eigenvalue weighted by Gasteiger charge is -2.17. The molecule has 18 heavy (non-hydrogen) atoms. The summed E-state index contributed by atoms with van der Waals surface area (Å²) in [6, 6.07) is 6.86. The molecule has 2 aromatic rings. The molecule has 1 N–H and O–H groups in total. The molecule has 1 aromatic heterocycles. The van der Waals surface area contributed by atoms with E-state index in [1.54, 1.807) is 11.3 Å². The maximum atomic E-state index is 4.35. The number of nitrogens with zero attached hydrogens (tertiary/aromatic N) is 1. The van der Waals surface area contributed by atoms with Crippen LogP contribution in [0.5, 0.6) is 0 Å². The van der Waals surface area contributed by atoms with Crippen molar-refractivity contribution in [2.75, 3.05) is 7.05 Å². The fourth-order valence-electron chi connectivity index (χ4n) is 2.26. The zero-order valence-electron chi connectivity index (χ0n) is 11.4. The van der Waals surface area contributed by atoms with Crippen LogP contribution in [0.15, 0.2) is 24.4 Å². The lowest BCUT2D eigenvalue weighted by Crippen LogP contribution is -2.18. The van der Waals surface area contributed by atoms with Crippen LogP contribution < -0.4 is 5.32 Å². The number of thiazole rings is 1. The molecule has 0 aliphatic heterocycles. The minimum Gasteiger partial charge on any atom is -0.312 e. The standard InChI is InChI=1S/C15H20N2S/c1-10-6-5-7-11(2)13(10)8-14(16-4)15-9-17-12(3)18-15/h5-7,9,14,16H,8H2,1-4H3. The van der Waals surface area contributed by atoms with Gasteiger partial charge in [-0.05, 0) is 50.9 Å². The Morgan fingerprint density at radius 3 is 2.39 bits per heavy atom. The maximum Gasteiger partial charge on any atom is 0.0897 e. The van der Waals surface area contributed by atoms with E-state index in [2.05, 4.69) is 49.3 Å². The maximum absolute atomic E-state index is 4.35. The van der Waals surface area contributed by atoms with E-state index in [1.165, 1.54) is 21.6 Å². The smallest absolute Gasteiger partial charge is 0.0897 e. The van der Waals surface area contributed by atoms with Crippen LogP contribution in [0.25, 0.3) is 0 Å². The number of aromatic nitrogens is 1. The second kappa shape index (κ2) is 5.63. The van der Waals surface area contributed by atoms with Crippen LogP contribution in [-0.2, 0) is 6.42 Å². The Balaban J connectivity index is 2.26. The molecule has 96 valence electrons. The van der Waals surface area contributed by atoms with E-state index in [4.69, 9.17) is 0 Å². The van der Waals surface area contributed by atoms with Crippen molar-refractivity contribution in [2.45, 2.75) is 33.2 Å². The summed E-state index contributed by atoms with van der Waals surface area (Å²) in [5.74, 6) is 0. The number of benzene rings is 1. The molecule has 0 radical (unpaired) electrons. The predicted octanol–water partition coefficient (Wildman–Crippen LogP) is 3.57. The van der Waals surface area contributed by atoms with Crippen molar-refractivity contribution in [3.05, 3.63) is 51.0 Å². The third kappa shape index (κ3) is 2.79. The predicted molar refractivity (Wildman–Crippen MR) is 78.3 cm³/mol. The summed E-state index contributed by atoms with van der Waals surface area (Å²) in [7, 11) is 2.02. The van der Waals surface area contributed by atoms with E-state index in [1.807, 2.05) is 13.2 Å². The highest BCUT2D eigenvalue weighted by molar-refractivity contribution is 7.11. The quantitative estimate of drug-likeness (QED) is 0.909. The number of hydrogen-bond donors (Lipinski definition) is 1. The Hall–Kier alpha value is -1.19. The van der Waals surface area contributed by atoms with Crippen LogP contribution >= 0.6 is 11.3 Å². The Morgan fingerprint density at radius 1 is 1.22 bits per heavy atom. The first-order chi connectivity index (χ1) is 8.61. The molecule has 0 fully saturated rings. The van der Waals surface area contributed by atoms with Crippen molar-refractivity contribution >= 4 is 11.3 Å². The van der Waals surface area contributed by atoms with Gasteiger partial charge in [0.25, 0.3) is 0 Å². The van der Waals surface area contributed by atoms with Crippen molar-refractivity contribution in [1.82, 2.24) is 10.3 Å². The first kappa shape index (κ1) is 13.2. The molecule has 0 bridgehead atoms. The largest absolute Gasteiger partial charge is 0.312 e. The summed E-state index contributed by atoms with van der Waals surface area (Å²) in [6.45, 7) is 6.43. The zero-order chi connectivity index (χ0) is 13.1. The number of likely N-dealkylation sites (N-methyl/N-ethyl adjacent to an activating group) is 1. The summed E-state index contributed by atoms with van der Waals surface area (Å²) < 4.78 is 0. The van der Waals surface area contributed by atoms with Crippen molar-refractivity contribution in [1.29, 1.82) is 0 Å². The van der Waals surface area contributed by atoms with Gasteiger partial charge in [-0.2, -0.15) is 0 Å². The molecule has 2 rings (SSSR count). The Kier molecular flexibility index (Phi) is 4.15. The second-order valence-electron chi connectivity index (χ2n) is 4.70. The molecule has 1 unspecified atom stereocenters. The number of nitrogens with one attached hydrogen (secondary N) is 1. The number of hydrogen-bond acceptors (Lipinski definition) is 3. The molecule has 3 heteroatoms. The third-order valence-electron chi connectivity index (χ3n) is 3.38. The Labute approximate surface area is 113 Å². The van der Waals surface area contributed by atoms with E-state index in [0.717, 1.165) is 11.4 Å². The van der Waals surface area contributed by atoms with E-state index in [9.17, 15) is 0 Å². The fourth-order valence-corrected chi connectivity index (χ4v) is 3.15. The summed E-state index contributed by atoms with van der Waals surface area (Å²) in [6.07, 6.45) is 3.02.